The van der Waals surface area contributed by atoms with Crippen LogP contribution in [0, 0.1) is 36.5 Å². The summed E-state index contributed by atoms with van der Waals surface area (Å²) >= 11 is 0. The number of hydrogen-bond donors (Lipinski definition) is 0. The lowest BCUT2D eigenvalue weighted by Crippen LogP contribution is -2.41. The molecule has 0 aromatic heterocycles. The summed E-state index contributed by atoms with van der Waals surface area (Å²) in [5.74, 6) is -1.86. The number of hydrogen-bond acceptors (Lipinski definition) is 3. The van der Waals surface area contributed by atoms with Gasteiger partial charge in [-0.05, 0) is 72.2 Å². The molecule has 0 N–H and O–H groups in total. The van der Waals surface area contributed by atoms with Crippen LogP contribution in [0.2, 0.25) is 0 Å². The highest BCUT2D eigenvalue weighted by Crippen LogP contribution is 2.75. The quantitative estimate of drug-likeness (QED) is 0.389. The third-order valence-corrected chi connectivity index (χ3v) is 9.03. The molecule has 1 aliphatic heterocycles. The monoisotopic (exact) mass is 489 g/mol. The van der Waals surface area contributed by atoms with E-state index in [1.165, 1.54) is 4.90 Å². The molecule has 4 atom stereocenters. The highest BCUT2D eigenvalue weighted by Gasteiger charge is 2.80. The van der Waals surface area contributed by atoms with Crippen molar-refractivity contribution < 1.29 is 14.4 Å². The molecule has 3 aromatic carbocycles. The van der Waals surface area contributed by atoms with Crippen LogP contribution in [0.3, 0.4) is 0 Å². The van der Waals surface area contributed by atoms with Crippen molar-refractivity contribution in [1.29, 1.82) is 0 Å². The van der Waals surface area contributed by atoms with E-state index >= 15 is 0 Å². The Morgan fingerprint density at radius 2 is 1.05 bits per heavy atom. The van der Waals surface area contributed by atoms with E-state index in [-0.39, 0.29) is 17.6 Å². The Labute approximate surface area is 218 Å². The van der Waals surface area contributed by atoms with Crippen molar-refractivity contribution in [1.82, 2.24) is 0 Å². The molecule has 0 spiro atoms. The zero-order chi connectivity index (χ0) is 26.1. The molecule has 3 aromatic rings. The summed E-state index contributed by atoms with van der Waals surface area (Å²) < 4.78 is 0. The molecule has 186 valence electrons. The van der Waals surface area contributed by atoms with E-state index in [0.717, 1.165) is 33.4 Å². The first-order chi connectivity index (χ1) is 17.8. The fourth-order valence-corrected chi connectivity index (χ4v) is 7.79. The van der Waals surface area contributed by atoms with Crippen LogP contribution in [0.5, 0.6) is 0 Å². The molecule has 37 heavy (non-hydrogen) atoms. The average Bonchev–Trinajstić information content (AvgIpc) is 3.40. The second-order valence-corrected chi connectivity index (χ2v) is 10.8. The first kappa shape index (κ1) is 23.6. The number of fused-ring (bicyclic) bond motifs is 5. The summed E-state index contributed by atoms with van der Waals surface area (Å²) in [5, 5.41) is 0. The number of aryl methyl sites for hydroxylation is 2. The fourth-order valence-electron chi connectivity index (χ4n) is 7.79. The van der Waals surface area contributed by atoms with Gasteiger partial charge in [-0.15, -0.1) is 0 Å². The van der Waals surface area contributed by atoms with Crippen LogP contribution in [0.15, 0.2) is 78.9 Å². The van der Waals surface area contributed by atoms with Crippen LogP contribution < -0.4 is 4.90 Å². The molecule has 1 saturated carbocycles. The highest BCUT2D eigenvalue weighted by atomic mass is 16.2. The number of rotatable bonds is 5. The number of nitrogens with zero attached hydrogens (tertiary/aromatic N) is 1. The summed E-state index contributed by atoms with van der Waals surface area (Å²) in [7, 11) is 0. The van der Waals surface area contributed by atoms with Crippen LogP contribution in [0.25, 0.3) is 11.1 Å². The van der Waals surface area contributed by atoms with E-state index < -0.39 is 22.7 Å². The van der Waals surface area contributed by atoms with E-state index in [2.05, 4.69) is 0 Å². The normalized spacial score (nSPS) is 28.4. The molecular formula is C33H31NO3. The van der Waals surface area contributed by atoms with Gasteiger partial charge in [-0.25, -0.2) is 4.90 Å². The number of ketones is 1. The molecule has 2 bridgehead atoms. The van der Waals surface area contributed by atoms with Crippen molar-refractivity contribution in [3.63, 3.8) is 0 Å². The summed E-state index contributed by atoms with van der Waals surface area (Å²) in [6, 6.07) is 25.8. The Bertz CT molecular complexity index is 1380. The number of amides is 2. The lowest BCUT2D eigenvalue weighted by Gasteiger charge is -2.38. The molecule has 4 heteroatoms. The van der Waals surface area contributed by atoms with Crippen molar-refractivity contribution >= 4 is 34.4 Å². The van der Waals surface area contributed by atoms with E-state index in [1.54, 1.807) is 0 Å². The van der Waals surface area contributed by atoms with Gasteiger partial charge >= 0.3 is 0 Å². The van der Waals surface area contributed by atoms with Gasteiger partial charge < -0.3 is 0 Å². The largest absolute Gasteiger partial charge is 0.298 e. The maximum Gasteiger partial charge on any atom is 0.239 e. The number of imide groups is 1. The highest BCUT2D eigenvalue weighted by molar-refractivity contribution is 6.34. The van der Waals surface area contributed by atoms with E-state index in [0.29, 0.717) is 18.5 Å². The SMILES string of the molecule is CC[C@]12C(=O)[C@](CC)(C(c3ccccc3)=C1c1ccccc1)[C@@H]1C(=O)N(c3cc(C)cc(C)c3)C(=O)[C@H]12. The van der Waals surface area contributed by atoms with Crippen molar-refractivity contribution in [2.24, 2.45) is 22.7 Å². The maximum atomic E-state index is 14.7. The molecule has 2 fully saturated rings. The number of Topliss-reactive ketones (excluding diaryl/α,β-unsaturated/α-hetero) is 1. The molecule has 3 aliphatic rings. The molecule has 6 rings (SSSR count). The number of allylic oxidation sites excluding steroid dienone is 2. The van der Waals surface area contributed by atoms with Crippen LogP contribution in [0.4, 0.5) is 5.69 Å². The third kappa shape index (κ3) is 2.81. The Morgan fingerprint density at radius 1 is 0.649 bits per heavy atom. The lowest BCUT2D eigenvalue weighted by molar-refractivity contribution is -0.134. The van der Waals surface area contributed by atoms with Crippen molar-refractivity contribution in [3.8, 4) is 0 Å². The first-order valence-corrected chi connectivity index (χ1v) is 13.2. The van der Waals surface area contributed by atoms with Gasteiger partial charge in [0.05, 0.1) is 28.4 Å². The number of carbonyl (C=O) groups excluding carboxylic acids is 3. The smallest absolute Gasteiger partial charge is 0.239 e. The standard InChI is InChI=1S/C33H31NO3/c1-5-32-25(22-13-9-7-10-14-22)26(23-15-11-8-12-16-23)33(6-2,31(32)37)28-27(32)29(35)34(30(28)36)24-18-20(3)17-21(4)19-24/h7-19,27-28H,5-6H2,1-4H3/t27-,28-,32-,33+/m0/s1. The van der Waals surface area contributed by atoms with E-state index in [9.17, 15) is 14.4 Å². The minimum Gasteiger partial charge on any atom is -0.298 e. The van der Waals surface area contributed by atoms with Crippen molar-refractivity contribution in [2.45, 2.75) is 40.5 Å². The number of anilines is 1. The minimum absolute atomic E-state index is 0.0412. The molecule has 1 saturated heterocycles. The number of benzene rings is 3. The third-order valence-electron chi connectivity index (χ3n) is 9.03. The van der Waals surface area contributed by atoms with E-state index in [1.807, 2.05) is 107 Å². The first-order valence-electron chi connectivity index (χ1n) is 13.2. The zero-order valence-electron chi connectivity index (χ0n) is 21.7. The lowest BCUT2D eigenvalue weighted by atomic mass is 9.60. The number of carbonyl (C=O) groups is 3. The molecule has 0 unspecified atom stereocenters. The summed E-state index contributed by atoms with van der Waals surface area (Å²) in [6.45, 7) is 7.93. The minimum atomic E-state index is -1.05. The molecular weight excluding hydrogens is 458 g/mol. The Morgan fingerprint density at radius 3 is 1.43 bits per heavy atom. The van der Waals surface area contributed by atoms with Gasteiger partial charge in [-0.3, -0.25) is 14.4 Å². The van der Waals surface area contributed by atoms with Crippen LogP contribution in [-0.4, -0.2) is 17.6 Å². The fraction of sp³-hybridized carbons (Fsp3) is 0.303. The van der Waals surface area contributed by atoms with Crippen LogP contribution >= 0.6 is 0 Å². The molecule has 0 radical (unpaired) electrons. The average molecular weight is 490 g/mol. The molecule has 2 amide bonds. The summed E-state index contributed by atoms with van der Waals surface area (Å²) in [6.07, 6.45) is 0.935. The Hall–Kier alpha value is -3.79. The zero-order valence-corrected chi connectivity index (χ0v) is 21.7. The topological polar surface area (TPSA) is 54.5 Å². The second kappa shape index (κ2) is 8.11. The molecule has 1 heterocycles. The van der Waals surface area contributed by atoms with Gasteiger partial charge in [0.1, 0.15) is 0 Å². The summed E-state index contributed by atoms with van der Waals surface area (Å²) in [5.41, 5.74) is 4.27. The predicted molar refractivity (Wildman–Crippen MR) is 146 cm³/mol. The van der Waals surface area contributed by atoms with Gasteiger partial charge in [-0.1, -0.05) is 80.6 Å². The van der Waals surface area contributed by atoms with Crippen LogP contribution in [-0.2, 0) is 14.4 Å². The van der Waals surface area contributed by atoms with Gasteiger partial charge in [0.15, 0.2) is 5.78 Å². The van der Waals surface area contributed by atoms with E-state index in [4.69, 9.17) is 0 Å². The van der Waals surface area contributed by atoms with Gasteiger partial charge in [-0.2, -0.15) is 0 Å². The Balaban J connectivity index is 1.67. The van der Waals surface area contributed by atoms with Crippen molar-refractivity contribution in [2.75, 3.05) is 4.90 Å². The predicted octanol–water partition coefficient (Wildman–Crippen LogP) is 6.41. The van der Waals surface area contributed by atoms with Gasteiger partial charge in [0, 0.05) is 0 Å². The van der Waals surface area contributed by atoms with Crippen LogP contribution in [0.1, 0.15) is 48.9 Å². The Kier molecular flexibility index (Phi) is 5.17. The van der Waals surface area contributed by atoms with Crippen molar-refractivity contribution in [3.05, 3.63) is 101 Å². The molecule has 2 aliphatic carbocycles. The summed E-state index contributed by atoms with van der Waals surface area (Å²) in [4.78, 5) is 44.8. The second-order valence-electron chi connectivity index (χ2n) is 10.8. The van der Waals surface area contributed by atoms with Gasteiger partial charge in [0.2, 0.25) is 11.8 Å². The van der Waals surface area contributed by atoms with Gasteiger partial charge in [0.25, 0.3) is 0 Å². The maximum absolute atomic E-state index is 14.7. The molecule has 4 nitrogen and oxygen atoms in total.